The Balaban J connectivity index is 1.76. The summed E-state index contributed by atoms with van der Waals surface area (Å²) in [6.07, 6.45) is 1.55. The Kier molecular flexibility index (Phi) is 5.29. The second-order valence-corrected chi connectivity index (χ2v) is 10.5. The Bertz CT molecular complexity index is 1060. The number of aromatic nitrogens is 1. The lowest BCUT2D eigenvalue weighted by molar-refractivity contribution is 0.187. The maximum absolute atomic E-state index is 12.7. The quantitative estimate of drug-likeness (QED) is 0.753. The molecule has 3 heterocycles. The van der Waals surface area contributed by atoms with E-state index in [1.165, 1.54) is 0 Å². The Hall–Kier alpha value is -2.12. The van der Waals surface area contributed by atoms with Gasteiger partial charge >= 0.3 is 0 Å². The second-order valence-electron chi connectivity index (χ2n) is 8.45. The zero-order chi connectivity index (χ0) is 20.8. The number of hydrogen-bond acceptors (Lipinski definition) is 4. The number of rotatable bonds is 5. The van der Waals surface area contributed by atoms with Crippen molar-refractivity contribution in [3.05, 3.63) is 52.4 Å². The molecule has 2 aromatic rings. The van der Waals surface area contributed by atoms with Gasteiger partial charge in [0.15, 0.2) is 0 Å². The summed E-state index contributed by atoms with van der Waals surface area (Å²) < 4.78 is 29.0. The van der Waals surface area contributed by atoms with Crippen molar-refractivity contribution in [3.63, 3.8) is 0 Å². The molecule has 2 aliphatic heterocycles. The minimum atomic E-state index is -3.24. The molecule has 2 aliphatic rings. The van der Waals surface area contributed by atoms with Gasteiger partial charge in [-0.15, -0.1) is 0 Å². The van der Waals surface area contributed by atoms with E-state index >= 15 is 0 Å². The highest BCUT2D eigenvalue weighted by molar-refractivity contribution is 7.89. The number of benzene rings is 1. The summed E-state index contributed by atoms with van der Waals surface area (Å²) >= 11 is 0. The molecule has 1 fully saturated rings. The SMILES string of the molecule is CCCS(=O)(=O)N1C[C@@H]2C[C@H](C1)c1c(-c3ccc(N(C)C)cc3)ccc(=O)n1C2. The first-order valence-electron chi connectivity index (χ1n) is 10.3. The maximum atomic E-state index is 12.7. The molecule has 0 spiro atoms. The van der Waals surface area contributed by atoms with Crippen LogP contribution in [0.15, 0.2) is 41.2 Å². The van der Waals surface area contributed by atoms with E-state index in [1.807, 2.05) is 31.7 Å². The van der Waals surface area contributed by atoms with E-state index in [4.69, 9.17) is 0 Å². The lowest BCUT2D eigenvalue weighted by Gasteiger charge is -2.43. The van der Waals surface area contributed by atoms with Crippen LogP contribution in [0.1, 0.15) is 31.4 Å². The third-order valence-corrected chi connectivity index (χ3v) is 8.12. The van der Waals surface area contributed by atoms with Gasteiger partial charge in [-0.05, 0) is 42.5 Å². The first-order chi connectivity index (χ1) is 13.8. The lowest BCUT2D eigenvalue weighted by Crippen LogP contribution is -2.49. The largest absolute Gasteiger partial charge is 0.378 e. The van der Waals surface area contributed by atoms with E-state index in [0.29, 0.717) is 26.1 Å². The zero-order valence-corrected chi connectivity index (χ0v) is 18.2. The molecule has 29 heavy (non-hydrogen) atoms. The summed E-state index contributed by atoms with van der Waals surface area (Å²) in [6, 6.07) is 11.8. The van der Waals surface area contributed by atoms with Crippen LogP contribution in [0.2, 0.25) is 0 Å². The third-order valence-electron chi connectivity index (χ3n) is 6.11. The van der Waals surface area contributed by atoms with E-state index in [1.54, 1.807) is 10.4 Å². The molecule has 0 N–H and O–H groups in total. The van der Waals surface area contributed by atoms with Gasteiger partial charge in [-0.2, -0.15) is 0 Å². The van der Waals surface area contributed by atoms with Crippen molar-refractivity contribution in [1.82, 2.24) is 8.87 Å². The maximum Gasteiger partial charge on any atom is 0.250 e. The van der Waals surface area contributed by atoms with Crippen molar-refractivity contribution in [2.24, 2.45) is 5.92 Å². The van der Waals surface area contributed by atoms with Crippen LogP contribution in [0.5, 0.6) is 0 Å². The molecule has 1 aromatic heterocycles. The second kappa shape index (κ2) is 7.61. The molecule has 0 aliphatic carbocycles. The number of fused-ring (bicyclic) bond motifs is 4. The van der Waals surface area contributed by atoms with E-state index in [-0.39, 0.29) is 23.1 Å². The van der Waals surface area contributed by atoms with Gasteiger partial charge in [0.05, 0.1) is 5.75 Å². The van der Waals surface area contributed by atoms with Crippen LogP contribution in [0.4, 0.5) is 5.69 Å². The van der Waals surface area contributed by atoms with Gasteiger partial charge in [-0.25, -0.2) is 12.7 Å². The van der Waals surface area contributed by atoms with Crippen molar-refractivity contribution in [1.29, 1.82) is 0 Å². The number of hydrogen-bond donors (Lipinski definition) is 0. The van der Waals surface area contributed by atoms with Crippen molar-refractivity contribution in [2.45, 2.75) is 32.2 Å². The molecule has 156 valence electrons. The number of nitrogens with zero attached hydrogens (tertiary/aromatic N) is 3. The number of anilines is 1. The highest BCUT2D eigenvalue weighted by Crippen LogP contribution is 2.40. The average Bonchev–Trinajstić information content (AvgIpc) is 2.68. The van der Waals surface area contributed by atoms with Crippen LogP contribution in [0, 0.1) is 5.92 Å². The standard InChI is InChI=1S/C22H29N3O3S/c1-4-11-29(27,28)24-13-16-12-18(15-24)22-20(9-10-21(26)25(22)14-16)17-5-7-19(8-6-17)23(2)3/h5-10,16,18H,4,11-15H2,1-3H3/t16-,18+/m0/s1. The first kappa shape index (κ1) is 20.2. The van der Waals surface area contributed by atoms with Crippen LogP contribution < -0.4 is 10.5 Å². The number of piperidine rings is 1. The summed E-state index contributed by atoms with van der Waals surface area (Å²) in [5.41, 5.74) is 4.21. The highest BCUT2D eigenvalue weighted by atomic mass is 32.2. The molecule has 1 aromatic carbocycles. The molecule has 2 atom stereocenters. The molecule has 0 amide bonds. The van der Waals surface area contributed by atoms with Crippen molar-refractivity contribution in [2.75, 3.05) is 37.8 Å². The van der Waals surface area contributed by atoms with Gasteiger partial charge in [-0.1, -0.05) is 19.1 Å². The summed E-state index contributed by atoms with van der Waals surface area (Å²) in [4.78, 5) is 14.7. The fourth-order valence-electron chi connectivity index (χ4n) is 4.77. The fourth-order valence-corrected chi connectivity index (χ4v) is 6.39. The Labute approximate surface area is 172 Å². The minimum Gasteiger partial charge on any atom is -0.378 e. The van der Waals surface area contributed by atoms with Crippen molar-refractivity contribution < 1.29 is 8.42 Å². The van der Waals surface area contributed by atoms with Gasteiger partial charge in [0, 0.05) is 62.7 Å². The van der Waals surface area contributed by atoms with Crippen molar-refractivity contribution in [3.8, 4) is 11.1 Å². The predicted molar refractivity (Wildman–Crippen MR) is 117 cm³/mol. The summed E-state index contributed by atoms with van der Waals surface area (Å²) in [5.74, 6) is 0.427. The van der Waals surface area contributed by atoms with Crippen LogP contribution >= 0.6 is 0 Å². The lowest BCUT2D eigenvalue weighted by atomic mass is 9.81. The van der Waals surface area contributed by atoms with E-state index < -0.39 is 10.0 Å². The van der Waals surface area contributed by atoms with Gasteiger partial charge in [-0.3, -0.25) is 4.79 Å². The zero-order valence-electron chi connectivity index (χ0n) is 17.3. The molecule has 0 unspecified atom stereocenters. The molecule has 6 nitrogen and oxygen atoms in total. The van der Waals surface area contributed by atoms with Crippen LogP contribution in [0.25, 0.3) is 11.1 Å². The summed E-state index contributed by atoms with van der Waals surface area (Å²) in [7, 11) is 0.772. The van der Waals surface area contributed by atoms with Crippen molar-refractivity contribution >= 4 is 15.7 Å². The highest BCUT2D eigenvalue weighted by Gasteiger charge is 2.39. The molecule has 7 heteroatoms. The molecule has 2 bridgehead atoms. The molecule has 1 saturated heterocycles. The van der Waals surface area contributed by atoms with Gasteiger partial charge < -0.3 is 9.47 Å². The number of sulfonamides is 1. The Morgan fingerprint density at radius 3 is 2.41 bits per heavy atom. The van der Waals surface area contributed by atoms with Gasteiger partial charge in [0.2, 0.25) is 10.0 Å². The molecule has 4 rings (SSSR count). The Morgan fingerprint density at radius 2 is 1.76 bits per heavy atom. The molecule has 0 saturated carbocycles. The topological polar surface area (TPSA) is 62.6 Å². The van der Waals surface area contributed by atoms with Gasteiger partial charge in [0.1, 0.15) is 0 Å². The normalized spacial score (nSPS) is 21.6. The van der Waals surface area contributed by atoms with Crippen LogP contribution in [-0.4, -0.2) is 50.2 Å². The number of pyridine rings is 1. The van der Waals surface area contributed by atoms with Gasteiger partial charge in [0.25, 0.3) is 5.56 Å². The monoisotopic (exact) mass is 415 g/mol. The van der Waals surface area contributed by atoms with E-state index in [9.17, 15) is 13.2 Å². The smallest absolute Gasteiger partial charge is 0.250 e. The van der Waals surface area contributed by atoms with E-state index in [2.05, 4.69) is 29.2 Å². The molecule has 0 radical (unpaired) electrons. The van der Waals surface area contributed by atoms with Crippen LogP contribution in [-0.2, 0) is 16.6 Å². The predicted octanol–water partition coefficient (Wildman–Crippen LogP) is 2.74. The fraction of sp³-hybridized carbons (Fsp3) is 0.500. The Morgan fingerprint density at radius 1 is 1.03 bits per heavy atom. The first-order valence-corrected chi connectivity index (χ1v) is 11.9. The van der Waals surface area contributed by atoms with Crippen LogP contribution in [0.3, 0.4) is 0 Å². The van der Waals surface area contributed by atoms with E-state index in [0.717, 1.165) is 28.9 Å². The summed E-state index contributed by atoms with van der Waals surface area (Å²) in [5, 5.41) is 0. The minimum absolute atomic E-state index is 0.00762. The third kappa shape index (κ3) is 3.73. The molecular weight excluding hydrogens is 386 g/mol. The summed E-state index contributed by atoms with van der Waals surface area (Å²) in [6.45, 7) is 3.47. The molecular formula is C22H29N3O3S. The average molecular weight is 416 g/mol.